The van der Waals surface area contributed by atoms with E-state index in [4.69, 9.17) is 14.9 Å². The maximum atomic E-state index is 12.8. The van der Waals surface area contributed by atoms with Crippen molar-refractivity contribution < 1.29 is 13.9 Å². The molecule has 1 saturated heterocycles. The number of benzene rings is 1. The fourth-order valence-electron chi connectivity index (χ4n) is 3.10. The third-order valence-electron chi connectivity index (χ3n) is 4.51. The number of aromatic nitrogens is 1. The summed E-state index contributed by atoms with van der Waals surface area (Å²) in [7, 11) is 1.62. The molecule has 0 spiro atoms. The normalized spacial score (nSPS) is 20.9. The molecule has 6 nitrogen and oxygen atoms in total. The zero-order valence-electron chi connectivity index (χ0n) is 14.3. The van der Waals surface area contributed by atoms with Crippen LogP contribution >= 0.6 is 0 Å². The van der Waals surface area contributed by atoms with Gasteiger partial charge in [0.15, 0.2) is 5.69 Å². The Labute approximate surface area is 141 Å². The van der Waals surface area contributed by atoms with E-state index in [0.29, 0.717) is 23.9 Å². The van der Waals surface area contributed by atoms with Gasteiger partial charge in [-0.3, -0.25) is 4.79 Å². The highest BCUT2D eigenvalue weighted by Gasteiger charge is 2.30. The van der Waals surface area contributed by atoms with Gasteiger partial charge in [0.25, 0.3) is 5.91 Å². The summed E-state index contributed by atoms with van der Waals surface area (Å²) >= 11 is 0. The lowest BCUT2D eigenvalue weighted by Crippen LogP contribution is -2.48. The summed E-state index contributed by atoms with van der Waals surface area (Å²) in [6, 6.07) is 7.68. The predicted molar refractivity (Wildman–Crippen MR) is 90.9 cm³/mol. The predicted octanol–water partition coefficient (Wildman–Crippen LogP) is 2.61. The first-order chi connectivity index (χ1) is 11.5. The van der Waals surface area contributed by atoms with Crippen molar-refractivity contribution in [2.24, 2.45) is 5.73 Å². The van der Waals surface area contributed by atoms with Gasteiger partial charge in [0, 0.05) is 24.2 Å². The molecule has 2 N–H and O–H groups in total. The number of likely N-dealkylation sites (tertiary alicyclic amines) is 1. The molecule has 1 aromatic carbocycles. The number of amides is 1. The van der Waals surface area contributed by atoms with E-state index in [9.17, 15) is 4.79 Å². The van der Waals surface area contributed by atoms with Gasteiger partial charge >= 0.3 is 0 Å². The zero-order chi connectivity index (χ0) is 17.3. The Balaban J connectivity index is 1.84. The third kappa shape index (κ3) is 3.14. The van der Waals surface area contributed by atoms with Crippen molar-refractivity contribution >= 4 is 5.91 Å². The Kier molecular flexibility index (Phi) is 4.57. The van der Waals surface area contributed by atoms with Crippen LogP contribution in [0.25, 0.3) is 11.5 Å². The summed E-state index contributed by atoms with van der Waals surface area (Å²) in [5, 5.41) is 0. The lowest BCUT2D eigenvalue weighted by molar-refractivity contribution is 0.0612. The number of carbonyl (C=O) groups excluding carboxylic acids is 1. The van der Waals surface area contributed by atoms with Crippen molar-refractivity contribution in [2.45, 2.75) is 38.8 Å². The summed E-state index contributed by atoms with van der Waals surface area (Å²) in [5.41, 5.74) is 7.17. The molecule has 0 aliphatic carbocycles. The van der Waals surface area contributed by atoms with Gasteiger partial charge in [0.1, 0.15) is 11.5 Å². The van der Waals surface area contributed by atoms with Crippen LogP contribution in [0.2, 0.25) is 0 Å². The molecular weight excluding hydrogens is 306 g/mol. The Morgan fingerprint density at radius 1 is 1.38 bits per heavy atom. The molecule has 0 bridgehead atoms. The molecule has 128 valence electrons. The Hall–Kier alpha value is -2.34. The standard InChI is InChI=1S/C18H23N3O3/c1-11-10-14(19)8-9-21(11)18(22)16-12(2)24-17(20-16)13-4-6-15(23-3)7-5-13/h4-7,11,14H,8-10,19H2,1-3H3/t11-,14-/m1/s1. The van der Waals surface area contributed by atoms with Gasteiger partial charge in [-0.15, -0.1) is 0 Å². The number of hydrogen-bond donors (Lipinski definition) is 1. The van der Waals surface area contributed by atoms with E-state index in [1.54, 1.807) is 14.0 Å². The quantitative estimate of drug-likeness (QED) is 0.936. The first-order valence-electron chi connectivity index (χ1n) is 8.18. The van der Waals surface area contributed by atoms with Crippen molar-refractivity contribution in [2.75, 3.05) is 13.7 Å². The monoisotopic (exact) mass is 329 g/mol. The van der Waals surface area contributed by atoms with Gasteiger partial charge in [-0.1, -0.05) is 0 Å². The SMILES string of the molecule is COc1ccc(-c2nc(C(=O)N3CC[C@@H](N)C[C@H]3C)c(C)o2)cc1. The minimum absolute atomic E-state index is 0.0876. The van der Waals surface area contributed by atoms with Gasteiger partial charge in [0.2, 0.25) is 5.89 Å². The van der Waals surface area contributed by atoms with Crippen LogP contribution < -0.4 is 10.5 Å². The van der Waals surface area contributed by atoms with Gasteiger partial charge in [-0.05, 0) is 51.0 Å². The molecule has 0 unspecified atom stereocenters. The molecule has 0 saturated carbocycles. The summed E-state index contributed by atoms with van der Waals surface area (Å²) in [4.78, 5) is 19.1. The number of oxazole rings is 1. The van der Waals surface area contributed by atoms with Gasteiger partial charge in [-0.25, -0.2) is 4.98 Å². The second-order valence-electron chi connectivity index (χ2n) is 6.28. The van der Waals surface area contributed by atoms with Crippen molar-refractivity contribution in [1.82, 2.24) is 9.88 Å². The van der Waals surface area contributed by atoms with Gasteiger partial charge < -0.3 is 19.8 Å². The van der Waals surface area contributed by atoms with E-state index in [0.717, 1.165) is 24.2 Å². The zero-order valence-corrected chi connectivity index (χ0v) is 14.3. The number of nitrogens with two attached hydrogens (primary N) is 1. The summed E-state index contributed by atoms with van der Waals surface area (Å²) < 4.78 is 10.9. The third-order valence-corrected chi connectivity index (χ3v) is 4.51. The molecule has 1 fully saturated rings. The smallest absolute Gasteiger partial charge is 0.276 e. The highest BCUT2D eigenvalue weighted by Crippen LogP contribution is 2.26. The Morgan fingerprint density at radius 2 is 2.08 bits per heavy atom. The molecule has 6 heteroatoms. The number of aryl methyl sites for hydroxylation is 1. The lowest BCUT2D eigenvalue weighted by atomic mass is 9.99. The van der Waals surface area contributed by atoms with Crippen LogP contribution in [0.5, 0.6) is 5.75 Å². The van der Waals surface area contributed by atoms with Crippen LogP contribution in [0.15, 0.2) is 28.7 Å². The molecule has 2 aromatic rings. The van der Waals surface area contributed by atoms with Crippen LogP contribution in [-0.4, -0.2) is 41.5 Å². The van der Waals surface area contributed by atoms with Crippen molar-refractivity contribution in [1.29, 1.82) is 0 Å². The van der Waals surface area contributed by atoms with Crippen LogP contribution in [0, 0.1) is 6.92 Å². The van der Waals surface area contributed by atoms with E-state index < -0.39 is 0 Å². The number of nitrogens with zero attached hydrogens (tertiary/aromatic N) is 2. The molecule has 1 aliphatic heterocycles. The molecule has 1 aliphatic rings. The number of piperidine rings is 1. The average molecular weight is 329 g/mol. The van der Waals surface area contributed by atoms with E-state index in [2.05, 4.69) is 4.98 Å². The van der Waals surface area contributed by atoms with Crippen molar-refractivity contribution in [3.8, 4) is 17.2 Å². The summed E-state index contributed by atoms with van der Waals surface area (Å²) in [5.74, 6) is 1.65. The highest BCUT2D eigenvalue weighted by atomic mass is 16.5. The lowest BCUT2D eigenvalue weighted by Gasteiger charge is -2.35. The van der Waals surface area contributed by atoms with E-state index >= 15 is 0 Å². The van der Waals surface area contributed by atoms with E-state index in [1.807, 2.05) is 36.1 Å². The first kappa shape index (κ1) is 16.5. The molecule has 1 aromatic heterocycles. The topological polar surface area (TPSA) is 81.6 Å². The molecular formula is C18H23N3O3. The van der Waals surface area contributed by atoms with Crippen LogP contribution in [-0.2, 0) is 0 Å². The molecule has 3 rings (SSSR count). The summed E-state index contributed by atoms with van der Waals surface area (Å²) in [6.07, 6.45) is 1.63. The number of hydrogen-bond acceptors (Lipinski definition) is 5. The van der Waals surface area contributed by atoms with Gasteiger partial charge in [0.05, 0.1) is 7.11 Å². The number of carbonyl (C=O) groups is 1. The number of rotatable bonds is 3. The van der Waals surface area contributed by atoms with Gasteiger partial charge in [-0.2, -0.15) is 0 Å². The second-order valence-corrected chi connectivity index (χ2v) is 6.28. The number of methoxy groups -OCH3 is 1. The van der Waals surface area contributed by atoms with Crippen molar-refractivity contribution in [3.05, 3.63) is 35.7 Å². The minimum Gasteiger partial charge on any atom is -0.497 e. The van der Waals surface area contributed by atoms with Crippen molar-refractivity contribution in [3.63, 3.8) is 0 Å². The number of ether oxygens (including phenoxy) is 1. The van der Waals surface area contributed by atoms with Crippen LogP contribution in [0.4, 0.5) is 0 Å². The molecule has 1 amide bonds. The molecule has 24 heavy (non-hydrogen) atoms. The summed E-state index contributed by atoms with van der Waals surface area (Å²) in [6.45, 7) is 4.45. The van der Waals surface area contributed by atoms with E-state index in [-0.39, 0.29) is 18.0 Å². The van der Waals surface area contributed by atoms with Crippen LogP contribution in [0.3, 0.4) is 0 Å². The molecule has 0 radical (unpaired) electrons. The first-order valence-corrected chi connectivity index (χ1v) is 8.18. The fraction of sp³-hybridized carbons (Fsp3) is 0.444. The maximum Gasteiger partial charge on any atom is 0.276 e. The molecule has 2 atom stereocenters. The minimum atomic E-state index is -0.0876. The Bertz CT molecular complexity index is 724. The fourth-order valence-corrected chi connectivity index (χ4v) is 3.10. The largest absolute Gasteiger partial charge is 0.497 e. The molecule has 2 heterocycles. The highest BCUT2D eigenvalue weighted by molar-refractivity contribution is 5.94. The Morgan fingerprint density at radius 3 is 2.71 bits per heavy atom. The second kappa shape index (κ2) is 6.65. The van der Waals surface area contributed by atoms with E-state index in [1.165, 1.54) is 0 Å². The van der Waals surface area contributed by atoms with Crippen LogP contribution in [0.1, 0.15) is 36.0 Å². The maximum absolute atomic E-state index is 12.8. The average Bonchev–Trinajstić information content (AvgIpc) is 2.96.